The molecule has 1 heterocycles. The molecule has 32 heavy (non-hydrogen) atoms. The lowest BCUT2D eigenvalue weighted by Crippen LogP contribution is -2.71. The van der Waals surface area contributed by atoms with Crippen LogP contribution in [0, 0.1) is 6.92 Å². The van der Waals surface area contributed by atoms with Gasteiger partial charge in [0.05, 0.1) is 12.3 Å². The number of rotatable bonds is 6. The highest BCUT2D eigenvalue weighted by molar-refractivity contribution is 7.89. The van der Waals surface area contributed by atoms with Crippen LogP contribution in [0.15, 0.2) is 24.3 Å². The highest BCUT2D eigenvalue weighted by Crippen LogP contribution is 2.31. The van der Waals surface area contributed by atoms with Gasteiger partial charge in [-0.15, -0.1) is 0 Å². The third-order valence-corrected chi connectivity index (χ3v) is 8.59. The van der Waals surface area contributed by atoms with Gasteiger partial charge >= 0.3 is 0 Å². The normalized spacial score (nSPS) is 24.1. The van der Waals surface area contributed by atoms with E-state index in [0.717, 1.165) is 31.2 Å². The van der Waals surface area contributed by atoms with Crippen LogP contribution in [-0.4, -0.2) is 55.0 Å². The molecule has 1 atom stereocenters. The van der Waals surface area contributed by atoms with Crippen LogP contribution in [-0.2, 0) is 19.6 Å². The monoisotopic (exact) mass is 463 g/mol. The van der Waals surface area contributed by atoms with Crippen molar-refractivity contribution in [1.29, 1.82) is 0 Å². The molecule has 0 aromatic heterocycles. The van der Waals surface area contributed by atoms with Crippen molar-refractivity contribution < 1.29 is 18.0 Å². The predicted octanol–water partition coefficient (Wildman–Crippen LogP) is 3.37. The van der Waals surface area contributed by atoms with Crippen molar-refractivity contribution >= 4 is 27.5 Å². The number of piperazine rings is 1. The van der Waals surface area contributed by atoms with E-state index >= 15 is 0 Å². The number of nitrogens with zero attached hydrogens (tertiary/aromatic N) is 2. The first-order chi connectivity index (χ1) is 15.2. The second-order valence-corrected chi connectivity index (χ2v) is 11.5. The maximum Gasteiger partial charge on any atom is 0.247 e. The summed E-state index contributed by atoms with van der Waals surface area (Å²) in [7, 11) is -3.62. The zero-order chi connectivity index (χ0) is 23.4. The third kappa shape index (κ3) is 5.52. The molecule has 1 aliphatic heterocycles. The topological polar surface area (TPSA) is 86.8 Å². The van der Waals surface area contributed by atoms with E-state index < -0.39 is 15.6 Å². The Bertz CT molecular complexity index is 908. The van der Waals surface area contributed by atoms with Crippen molar-refractivity contribution in [2.24, 2.45) is 0 Å². The fraction of sp³-hybridized carbons (Fsp3) is 0.667. The maximum atomic E-state index is 13.7. The number of aryl methyl sites for hydroxylation is 1. The van der Waals surface area contributed by atoms with Gasteiger partial charge in [-0.3, -0.25) is 14.5 Å². The van der Waals surface area contributed by atoms with Crippen LogP contribution in [0.25, 0.3) is 0 Å². The number of hydrogen-bond donors (Lipinski definition) is 1. The van der Waals surface area contributed by atoms with Crippen LogP contribution < -0.4 is 10.2 Å². The van der Waals surface area contributed by atoms with Crippen molar-refractivity contribution in [1.82, 2.24) is 9.62 Å². The van der Waals surface area contributed by atoms with Gasteiger partial charge in [0.1, 0.15) is 5.54 Å². The first-order valence-electron chi connectivity index (χ1n) is 11.9. The molecule has 7 nitrogen and oxygen atoms in total. The molecule has 1 aromatic rings. The fourth-order valence-electron chi connectivity index (χ4n) is 4.79. The minimum absolute atomic E-state index is 0.0366. The fourth-order valence-corrected chi connectivity index (χ4v) is 6.32. The number of benzene rings is 1. The highest BCUT2D eigenvalue weighted by Gasteiger charge is 2.51. The van der Waals surface area contributed by atoms with Gasteiger partial charge in [0, 0.05) is 18.3 Å². The lowest BCUT2D eigenvalue weighted by Gasteiger charge is -2.47. The third-order valence-electron chi connectivity index (χ3n) is 6.62. The number of carbonyl (C=O) groups is 2. The Kier molecular flexibility index (Phi) is 7.98. The van der Waals surface area contributed by atoms with Gasteiger partial charge in [-0.05, 0) is 45.2 Å². The molecule has 3 rings (SSSR count). The molecule has 1 saturated heterocycles. The van der Waals surface area contributed by atoms with E-state index in [4.69, 9.17) is 0 Å². The van der Waals surface area contributed by atoms with E-state index in [0.29, 0.717) is 12.1 Å². The predicted molar refractivity (Wildman–Crippen MR) is 127 cm³/mol. The second-order valence-electron chi connectivity index (χ2n) is 9.44. The molecule has 2 aliphatic rings. The van der Waals surface area contributed by atoms with E-state index in [1.807, 2.05) is 31.2 Å². The molecule has 0 spiro atoms. The first-order valence-corrected chi connectivity index (χ1v) is 13.5. The summed E-state index contributed by atoms with van der Waals surface area (Å²) < 4.78 is 26.8. The van der Waals surface area contributed by atoms with Crippen LogP contribution in [0.5, 0.6) is 0 Å². The molecule has 8 heteroatoms. The number of amides is 2. The van der Waals surface area contributed by atoms with Crippen molar-refractivity contribution in [3.8, 4) is 0 Å². The second kappa shape index (κ2) is 10.3. The SMILES string of the molecule is CCCS(=O)(=O)N1CC(=O)N(c2ccc(C)cc2)C(C)(C(=O)NC2CCCCCCC2)C1. The van der Waals surface area contributed by atoms with Crippen molar-refractivity contribution in [3.05, 3.63) is 29.8 Å². The Morgan fingerprint density at radius 1 is 1.09 bits per heavy atom. The number of nitrogens with one attached hydrogen (secondary N) is 1. The minimum Gasteiger partial charge on any atom is -0.351 e. The number of hydrogen-bond acceptors (Lipinski definition) is 4. The van der Waals surface area contributed by atoms with Crippen LogP contribution in [0.1, 0.15) is 70.8 Å². The van der Waals surface area contributed by atoms with Gasteiger partial charge in [0.25, 0.3) is 0 Å². The zero-order valence-electron chi connectivity index (χ0n) is 19.6. The minimum atomic E-state index is -3.62. The van der Waals surface area contributed by atoms with E-state index in [2.05, 4.69) is 5.32 Å². The Labute approximate surface area is 192 Å². The molecular weight excluding hydrogens is 426 g/mol. The van der Waals surface area contributed by atoms with Gasteiger partial charge in [-0.2, -0.15) is 4.31 Å². The molecule has 2 amide bonds. The number of sulfonamides is 1. The van der Waals surface area contributed by atoms with E-state index in [1.54, 1.807) is 13.8 Å². The zero-order valence-corrected chi connectivity index (χ0v) is 20.4. The molecule has 0 radical (unpaired) electrons. The van der Waals surface area contributed by atoms with Gasteiger partial charge < -0.3 is 5.32 Å². The lowest BCUT2D eigenvalue weighted by atomic mass is 9.92. The molecule has 1 aromatic carbocycles. The average molecular weight is 464 g/mol. The summed E-state index contributed by atoms with van der Waals surface area (Å²) in [5.74, 6) is -0.700. The summed E-state index contributed by atoms with van der Waals surface area (Å²) in [6.07, 6.45) is 7.99. The standard InChI is InChI=1S/C24H37N3O4S/c1-4-16-32(30,31)26-17-22(28)27(21-14-12-19(2)13-15-21)24(3,18-26)23(29)25-20-10-8-6-5-7-9-11-20/h12-15,20H,4-11,16-18H2,1-3H3,(H,25,29). The molecule has 1 unspecified atom stereocenters. The number of carbonyl (C=O) groups excluding carboxylic acids is 2. The van der Waals surface area contributed by atoms with Gasteiger partial charge in [0.2, 0.25) is 21.8 Å². The molecular formula is C24H37N3O4S. The quantitative estimate of drug-likeness (QED) is 0.701. The van der Waals surface area contributed by atoms with Crippen molar-refractivity contribution in [3.63, 3.8) is 0 Å². The summed E-state index contributed by atoms with van der Waals surface area (Å²) in [5, 5.41) is 3.18. The van der Waals surface area contributed by atoms with Gasteiger partial charge in [-0.1, -0.05) is 56.7 Å². The van der Waals surface area contributed by atoms with Gasteiger partial charge in [-0.25, -0.2) is 8.42 Å². The van der Waals surface area contributed by atoms with Crippen LogP contribution in [0.2, 0.25) is 0 Å². The van der Waals surface area contributed by atoms with E-state index in [-0.39, 0.29) is 36.7 Å². The molecule has 1 saturated carbocycles. The highest BCUT2D eigenvalue weighted by atomic mass is 32.2. The van der Waals surface area contributed by atoms with Crippen molar-refractivity contribution in [2.45, 2.75) is 83.7 Å². The summed E-state index contributed by atoms with van der Waals surface area (Å²) >= 11 is 0. The first kappa shape index (κ1) is 24.7. The van der Waals surface area contributed by atoms with Crippen molar-refractivity contribution in [2.75, 3.05) is 23.7 Å². The summed E-state index contributed by atoms with van der Waals surface area (Å²) in [5.41, 5.74) is 0.336. The average Bonchev–Trinajstić information content (AvgIpc) is 2.70. The maximum absolute atomic E-state index is 13.7. The smallest absolute Gasteiger partial charge is 0.247 e. The molecule has 178 valence electrons. The van der Waals surface area contributed by atoms with Gasteiger partial charge in [0.15, 0.2) is 0 Å². The molecule has 0 bridgehead atoms. The summed E-state index contributed by atoms with van der Waals surface area (Å²) in [4.78, 5) is 28.5. The molecule has 2 fully saturated rings. The largest absolute Gasteiger partial charge is 0.351 e. The molecule has 1 N–H and O–H groups in total. The Balaban J connectivity index is 1.93. The van der Waals surface area contributed by atoms with Crippen LogP contribution >= 0.6 is 0 Å². The van der Waals surface area contributed by atoms with E-state index in [1.165, 1.54) is 28.5 Å². The Hall–Kier alpha value is -1.93. The molecule has 1 aliphatic carbocycles. The lowest BCUT2D eigenvalue weighted by molar-refractivity contribution is -0.133. The van der Waals surface area contributed by atoms with E-state index in [9.17, 15) is 18.0 Å². The Morgan fingerprint density at radius 3 is 2.28 bits per heavy atom. The summed E-state index contributed by atoms with van der Waals surface area (Å²) in [6, 6.07) is 7.50. The van der Waals surface area contributed by atoms with Crippen LogP contribution in [0.3, 0.4) is 0 Å². The Morgan fingerprint density at radius 2 is 1.69 bits per heavy atom. The summed E-state index contributed by atoms with van der Waals surface area (Å²) in [6.45, 7) is 5.15. The van der Waals surface area contributed by atoms with Crippen LogP contribution in [0.4, 0.5) is 5.69 Å². The number of anilines is 1.